The Morgan fingerprint density at radius 3 is 2.43 bits per heavy atom. The molecule has 14 heavy (non-hydrogen) atoms. The van der Waals surface area contributed by atoms with Crippen LogP contribution in [-0.2, 0) is 4.79 Å². The number of halogens is 1. The second kappa shape index (κ2) is 6.14. The Bertz CT molecular complexity index is 221. The quantitative estimate of drug-likeness (QED) is 0.724. The van der Waals surface area contributed by atoms with Crippen LogP contribution in [0.3, 0.4) is 0 Å². The van der Waals surface area contributed by atoms with Crippen LogP contribution < -0.4 is 10.6 Å². The van der Waals surface area contributed by atoms with Crippen LogP contribution in [0, 0.1) is 0 Å². The molecule has 0 atom stereocenters. The second-order valence-electron chi connectivity index (χ2n) is 3.33. The topological polar surface area (TPSA) is 58.2 Å². The number of thioether (sulfide) groups is 1. The minimum Gasteiger partial charge on any atom is -0.336 e. The number of amides is 3. The summed E-state index contributed by atoms with van der Waals surface area (Å²) in [7, 11) is 0. The predicted molar refractivity (Wildman–Crippen MR) is 59.9 cm³/mol. The molecule has 0 aliphatic rings. The molecule has 82 valence electrons. The van der Waals surface area contributed by atoms with E-state index in [0.29, 0.717) is 6.54 Å². The summed E-state index contributed by atoms with van der Waals surface area (Å²) >= 11 is 6.86. The lowest BCUT2D eigenvalue weighted by molar-refractivity contribution is -0.117. The van der Waals surface area contributed by atoms with Gasteiger partial charge in [-0.1, -0.05) is 0 Å². The third-order valence-electron chi connectivity index (χ3n) is 1.60. The number of carbonyl (C=O) groups is 2. The number of urea groups is 1. The smallest absolute Gasteiger partial charge is 0.321 e. The van der Waals surface area contributed by atoms with E-state index in [2.05, 4.69) is 10.6 Å². The zero-order valence-corrected chi connectivity index (χ0v) is 10.1. The highest BCUT2D eigenvalue weighted by atomic mass is 35.5. The van der Waals surface area contributed by atoms with Gasteiger partial charge in [-0.3, -0.25) is 10.1 Å². The molecule has 0 aliphatic heterocycles. The summed E-state index contributed by atoms with van der Waals surface area (Å²) in [6, 6.07) is -0.502. The average Bonchev–Trinajstić information content (AvgIpc) is 2.15. The number of rotatable bonds is 4. The number of imide groups is 1. The molecule has 0 heterocycles. The highest BCUT2D eigenvalue weighted by Crippen LogP contribution is 2.19. The van der Waals surface area contributed by atoms with E-state index in [4.69, 9.17) is 11.6 Å². The summed E-state index contributed by atoms with van der Waals surface area (Å²) in [4.78, 5) is 21.8. The molecule has 0 aromatic rings. The Morgan fingerprint density at radius 2 is 2.00 bits per heavy atom. The van der Waals surface area contributed by atoms with Crippen LogP contribution in [-0.4, -0.2) is 35.4 Å². The molecule has 0 aliphatic carbocycles. The van der Waals surface area contributed by atoms with Gasteiger partial charge in [0.1, 0.15) is 5.88 Å². The zero-order valence-electron chi connectivity index (χ0n) is 8.52. The third kappa shape index (κ3) is 6.10. The van der Waals surface area contributed by atoms with Crippen molar-refractivity contribution in [3.63, 3.8) is 0 Å². The Labute approximate surface area is 93.1 Å². The van der Waals surface area contributed by atoms with E-state index in [1.54, 1.807) is 11.8 Å². The number of carbonyl (C=O) groups excluding carboxylic acids is 2. The van der Waals surface area contributed by atoms with Crippen LogP contribution in [0.25, 0.3) is 0 Å². The van der Waals surface area contributed by atoms with E-state index in [-0.39, 0.29) is 10.6 Å². The van der Waals surface area contributed by atoms with Gasteiger partial charge in [0.15, 0.2) is 0 Å². The molecule has 0 aromatic heterocycles. The predicted octanol–water partition coefficient (Wildman–Crippen LogP) is 1.19. The first-order valence-corrected chi connectivity index (χ1v) is 5.86. The lowest BCUT2D eigenvalue weighted by atomic mass is 10.2. The van der Waals surface area contributed by atoms with E-state index in [1.807, 2.05) is 20.1 Å². The second-order valence-corrected chi connectivity index (χ2v) is 5.11. The van der Waals surface area contributed by atoms with Crippen molar-refractivity contribution >= 4 is 35.3 Å². The van der Waals surface area contributed by atoms with Crippen LogP contribution in [0.5, 0.6) is 0 Å². The lowest BCUT2D eigenvalue weighted by Crippen LogP contribution is -2.44. The van der Waals surface area contributed by atoms with Crippen molar-refractivity contribution in [1.82, 2.24) is 10.6 Å². The zero-order chi connectivity index (χ0) is 11.2. The van der Waals surface area contributed by atoms with Gasteiger partial charge in [0.05, 0.1) is 0 Å². The first-order chi connectivity index (χ1) is 6.41. The van der Waals surface area contributed by atoms with Gasteiger partial charge in [0.2, 0.25) is 5.91 Å². The monoisotopic (exact) mass is 238 g/mol. The third-order valence-corrected chi connectivity index (χ3v) is 3.09. The number of hydrogen-bond donors (Lipinski definition) is 2. The van der Waals surface area contributed by atoms with Crippen LogP contribution in [0.4, 0.5) is 4.79 Å². The first-order valence-electron chi connectivity index (χ1n) is 4.10. The van der Waals surface area contributed by atoms with Gasteiger partial charge in [-0.15, -0.1) is 11.6 Å². The summed E-state index contributed by atoms with van der Waals surface area (Å²) in [5.41, 5.74) is 0. The van der Waals surface area contributed by atoms with E-state index < -0.39 is 11.9 Å². The molecule has 0 aromatic carbocycles. The maximum absolute atomic E-state index is 11.1. The minimum atomic E-state index is -0.502. The first kappa shape index (κ1) is 13.6. The van der Waals surface area contributed by atoms with Crippen molar-refractivity contribution in [3.05, 3.63) is 0 Å². The van der Waals surface area contributed by atoms with Crippen molar-refractivity contribution in [1.29, 1.82) is 0 Å². The Hall–Kier alpha value is -0.420. The maximum atomic E-state index is 11.1. The summed E-state index contributed by atoms with van der Waals surface area (Å²) < 4.78 is -0.0403. The summed E-state index contributed by atoms with van der Waals surface area (Å²) in [6.07, 6.45) is 1.96. The molecule has 4 nitrogen and oxygen atoms in total. The van der Waals surface area contributed by atoms with E-state index in [1.165, 1.54) is 0 Å². The molecule has 0 rings (SSSR count). The molecule has 2 N–H and O–H groups in total. The summed E-state index contributed by atoms with van der Waals surface area (Å²) in [6.45, 7) is 4.50. The summed E-state index contributed by atoms with van der Waals surface area (Å²) in [5.74, 6) is -0.703. The molecule has 0 radical (unpaired) electrons. The highest BCUT2D eigenvalue weighted by molar-refractivity contribution is 7.99. The van der Waals surface area contributed by atoms with E-state index in [0.717, 1.165) is 0 Å². The molecule has 0 saturated carbocycles. The van der Waals surface area contributed by atoms with Gasteiger partial charge in [-0.2, -0.15) is 11.8 Å². The number of alkyl halides is 1. The van der Waals surface area contributed by atoms with Gasteiger partial charge in [0.25, 0.3) is 0 Å². The van der Waals surface area contributed by atoms with Gasteiger partial charge >= 0.3 is 6.03 Å². The van der Waals surface area contributed by atoms with Crippen LogP contribution in [0.1, 0.15) is 13.8 Å². The number of nitrogens with one attached hydrogen (secondary N) is 2. The van der Waals surface area contributed by atoms with Gasteiger partial charge in [-0.05, 0) is 20.1 Å². The van der Waals surface area contributed by atoms with E-state index in [9.17, 15) is 9.59 Å². The van der Waals surface area contributed by atoms with Gasteiger partial charge < -0.3 is 5.32 Å². The fraction of sp³-hybridized carbons (Fsp3) is 0.750. The fourth-order valence-corrected chi connectivity index (χ4v) is 0.853. The highest BCUT2D eigenvalue weighted by Gasteiger charge is 2.17. The standard InChI is InChI=1S/C8H15ClN2O2S/c1-8(2,14-3)5-10-7(13)11-6(12)4-9/h4-5H2,1-3H3,(H2,10,11,12,13). The SMILES string of the molecule is CSC(C)(C)CNC(=O)NC(=O)CCl. The van der Waals surface area contributed by atoms with Gasteiger partial charge in [0, 0.05) is 11.3 Å². The maximum Gasteiger partial charge on any atom is 0.321 e. The molecular formula is C8H15ClN2O2S. The van der Waals surface area contributed by atoms with Crippen molar-refractivity contribution < 1.29 is 9.59 Å². The van der Waals surface area contributed by atoms with Crippen molar-refractivity contribution in [2.75, 3.05) is 18.7 Å². The Balaban J connectivity index is 3.80. The molecule has 3 amide bonds. The van der Waals surface area contributed by atoms with Crippen LogP contribution >= 0.6 is 23.4 Å². The van der Waals surface area contributed by atoms with Crippen LogP contribution in [0.15, 0.2) is 0 Å². The minimum absolute atomic E-state index is 0.0403. The molecule has 0 spiro atoms. The fourth-order valence-electron chi connectivity index (χ4n) is 0.570. The van der Waals surface area contributed by atoms with Crippen molar-refractivity contribution in [2.24, 2.45) is 0 Å². The molecule has 0 fully saturated rings. The molecule has 0 saturated heterocycles. The number of hydrogen-bond acceptors (Lipinski definition) is 3. The largest absolute Gasteiger partial charge is 0.336 e. The normalized spacial score (nSPS) is 10.9. The average molecular weight is 239 g/mol. The van der Waals surface area contributed by atoms with Gasteiger partial charge in [-0.25, -0.2) is 4.79 Å². The van der Waals surface area contributed by atoms with Crippen molar-refractivity contribution in [3.8, 4) is 0 Å². The van der Waals surface area contributed by atoms with Crippen LogP contribution in [0.2, 0.25) is 0 Å². The molecule has 6 heteroatoms. The molecule has 0 unspecified atom stereocenters. The Kier molecular flexibility index (Phi) is 5.95. The Morgan fingerprint density at radius 1 is 1.43 bits per heavy atom. The van der Waals surface area contributed by atoms with Crippen molar-refractivity contribution in [2.45, 2.75) is 18.6 Å². The molecule has 0 bridgehead atoms. The molecular weight excluding hydrogens is 224 g/mol. The van der Waals surface area contributed by atoms with E-state index >= 15 is 0 Å². The lowest BCUT2D eigenvalue weighted by Gasteiger charge is -2.21. The summed E-state index contributed by atoms with van der Waals surface area (Å²) in [5, 5.41) is 4.68.